The van der Waals surface area contributed by atoms with E-state index >= 15 is 0 Å². The van der Waals surface area contributed by atoms with E-state index in [0.717, 1.165) is 5.56 Å². The van der Waals surface area contributed by atoms with Gasteiger partial charge in [0.05, 0.1) is 29.6 Å². The fraction of sp³-hybridized carbons (Fsp3) is 0.176. The van der Waals surface area contributed by atoms with Gasteiger partial charge in [-0.05, 0) is 29.3 Å². The Labute approximate surface area is 136 Å². The Bertz CT molecular complexity index is 845. The Balaban J connectivity index is 1.99. The summed E-state index contributed by atoms with van der Waals surface area (Å²) in [5.74, 6) is 0.0961. The van der Waals surface area contributed by atoms with Gasteiger partial charge in [-0.2, -0.15) is 0 Å². The highest BCUT2D eigenvalue weighted by Crippen LogP contribution is 2.27. The summed E-state index contributed by atoms with van der Waals surface area (Å²) >= 11 is 0. The van der Waals surface area contributed by atoms with Gasteiger partial charge < -0.3 is 5.73 Å². The van der Waals surface area contributed by atoms with Gasteiger partial charge in [0.1, 0.15) is 11.7 Å². The van der Waals surface area contributed by atoms with E-state index in [1.807, 2.05) is 24.3 Å². The molecule has 2 N–H and O–H groups in total. The number of hydrogen-bond donors (Lipinski definition) is 1. The van der Waals surface area contributed by atoms with Crippen molar-refractivity contribution >= 4 is 22.3 Å². The highest BCUT2D eigenvalue weighted by Gasteiger charge is 2.15. The standard InChI is InChI=1S/C17H16FN3OS/c1-23(22)16-5-3-2-4-12(16)11-6-7-13(14(18)8-11)15-9-21-17(19)10-20-15/h2-8H,9-10H2,1H3,(H2,19,21). The van der Waals surface area contributed by atoms with Crippen molar-refractivity contribution in [2.24, 2.45) is 15.7 Å². The number of aliphatic imine (C=N–C) groups is 2. The molecule has 0 aliphatic carbocycles. The minimum Gasteiger partial charge on any atom is -0.386 e. The highest BCUT2D eigenvalue weighted by atomic mass is 32.2. The lowest BCUT2D eigenvalue weighted by molar-refractivity contribution is 0.625. The fourth-order valence-electron chi connectivity index (χ4n) is 2.50. The van der Waals surface area contributed by atoms with Crippen molar-refractivity contribution < 1.29 is 8.60 Å². The molecule has 6 heteroatoms. The van der Waals surface area contributed by atoms with E-state index < -0.39 is 10.8 Å². The Morgan fingerprint density at radius 1 is 1.09 bits per heavy atom. The molecule has 1 atom stereocenters. The molecular weight excluding hydrogens is 313 g/mol. The zero-order chi connectivity index (χ0) is 16.4. The smallest absolute Gasteiger partial charge is 0.132 e. The third-order valence-electron chi connectivity index (χ3n) is 3.65. The molecule has 1 aliphatic heterocycles. The number of halogens is 1. The summed E-state index contributed by atoms with van der Waals surface area (Å²) in [7, 11) is -1.14. The first kappa shape index (κ1) is 15.6. The Morgan fingerprint density at radius 3 is 2.52 bits per heavy atom. The molecule has 4 nitrogen and oxygen atoms in total. The molecule has 0 bridgehead atoms. The monoisotopic (exact) mass is 329 g/mol. The number of nitrogens with two attached hydrogens (primary N) is 1. The van der Waals surface area contributed by atoms with Gasteiger partial charge in [-0.1, -0.05) is 24.3 Å². The van der Waals surface area contributed by atoms with Crippen molar-refractivity contribution in [3.05, 3.63) is 53.8 Å². The molecule has 1 heterocycles. The van der Waals surface area contributed by atoms with E-state index in [9.17, 15) is 8.60 Å². The van der Waals surface area contributed by atoms with Crippen LogP contribution in [0.3, 0.4) is 0 Å². The summed E-state index contributed by atoms with van der Waals surface area (Å²) in [6.07, 6.45) is 1.61. The quantitative estimate of drug-likeness (QED) is 0.939. The van der Waals surface area contributed by atoms with Gasteiger partial charge in [0.15, 0.2) is 0 Å². The zero-order valence-electron chi connectivity index (χ0n) is 12.6. The molecule has 1 aliphatic rings. The van der Waals surface area contributed by atoms with Gasteiger partial charge in [0.25, 0.3) is 0 Å². The maximum absolute atomic E-state index is 14.5. The number of amidine groups is 1. The minimum absolute atomic E-state index is 0.289. The van der Waals surface area contributed by atoms with Gasteiger partial charge in [-0.25, -0.2) is 4.39 Å². The second-order valence-electron chi connectivity index (χ2n) is 5.22. The maximum Gasteiger partial charge on any atom is 0.132 e. The average Bonchev–Trinajstić information content (AvgIpc) is 2.56. The first-order valence-corrected chi connectivity index (χ1v) is 8.67. The number of nitrogens with zero attached hydrogens (tertiary/aromatic N) is 2. The summed E-state index contributed by atoms with van der Waals surface area (Å²) in [6.45, 7) is 0.589. The molecule has 0 saturated carbocycles. The third-order valence-corrected chi connectivity index (χ3v) is 4.63. The van der Waals surface area contributed by atoms with Crippen LogP contribution in [0.2, 0.25) is 0 Å². The van der Waals surface area contributed by atoms with Crippen LogP contribution < -0.4 is 5.73 Å². The molecule has 0 spiro atoms. The van der Waals surface area contributed by atoms with Gasteiger partial charge in [-0.3, -0.25) is 14.2 Å². The van der Waals surface area contributed by atoms with Crippen molar-refractivity contribution in [1.29, 1.82) is 0 Å². The lowest BCUT2D eigenvalue weighted by Gasteiger charge is -2.13. The third kappa shape index (κ3) is 3.22. The predicted molar refractivity (Wildman–Crippen MR) is 92.1 cm³/mol. The molecule has 2 aromatic rings. The van der Waals surface area contributed by atoms with Crippen molar-refractivity contribution in [3.8, 4) is 11.1 Å². The van der Waals surface area contributed by atoms with Crippen LogP contribution in [0, 0.1) is 5.82 Å². The summed E-state index contributed by atoms with van der Waals surface area (Å²) in [5.41, 5.74) is 8.06. The van der Waals surface area contributed by atoms with Crippen molar-refractivity contribution in [1.82, 2.24) is 0 Å². The summed E-state index contributed by atoms with van der Waals surface area (Å²) < 4.78 is 26.4. The second kappa shape index (κ2) is 6.42. The van der Waals surface area contributed by atoms with Crippen LogP contribution in [0.25, 0.3) is 11.1 Å². The SMILES string of the molecule is CS(=O)c1ccccc1-c1ccc(C2=NCC(N)=NC2)c(F)c1. The molecule has 3 rings (SSSR count). The molecule has 2 aromatic carbocycles. The number of benzene rings is 2. The fourth-order valence-corrected chi connectivity index (χ4v) is 3.26. The molecule has 23 heavy (non-hydrogen) atoms. The number of rotatable bonds is 3. The molecular formula is C17H16FN3OS. The van der Waals surface area contributed by atoms with E-state index in [-0.39, 0.29) is 12.4 Å². The largest absolute Gasteiger partial charge is 0.386 e. The molecule has 0 aromatic heterocycles. The molecule has 0 fully saturated rings. The average molecular weight is 329 g/mol. The summed E-state index contributed by atoms with van der Waals surface area (Å²) in [6, 6.07) is 12.3. The highest BCUT2D eigenvalue weighted by molar-refractivity contribution is 7.84. The molecule has 1 unspecified atom stereocenters. The van der Waals surface area contributed by atoms with E-state index in [4.69, 9.17) is 5.73 Å². The Hall–Kier alpha value is -2.34. The van der Waals surface area contributed by atoms with Crippen LogP contribution in [0.1, 0.15) is 5.56 Å². The van der Waals surface area contributed by atoms with Crippen LogP contribution in [0.4, 0.5) is 4.39 Å². The van der Waals surface area contributed by atoms with Gasteiger partial charge in [-0.15, -0.1) is 0 Å². The van der Waals surface area contributed by atoms with Crippen LogP contribution in [-0.2, 0) is 10.8 Å². The molecule has 118 valence electrons. The predicted octanol–water partition coefficient (Wildman–Crippen LogP) is 2.39. The zero-order valence-corrected chi connectivity index (χ0v) is 13.4. The van der Waals surface area contributed by atoms with E-state index in [0.29, 0.717) is 34.1 Å². The Kier molecular flexibility index (Phi) is 4.34. The maximum atomic E-state index is 14.5. The first-order chi connectivity index (χ1) is 11.1. The number of hydrogen-bond acceptors (Lipinski definition) is 4. The summed E-state index contributed by atoms with van der Waals surface area (Å²) in [4.78, 5) is 9.05. The normalized spacial score (nSPS) is 15.7. The van der Waals surface area contributed by atoms with Crippen molar-refractivity contribution in [2.75, 3.05) is 19.3 Å². The van der Waals surface area contributed by atoms with Crippen LogP contribution in [-0.4, -0.2) is 35.1 Å². The lowest BCUT2D eigenvalue weighted by atomic mass is 10.0. The Morgan fingerprint density at radius 2 is 1.87 bits per heavy atom. The van der Waals surface area contributed by atoms with Crippen LogP contribution >= 0.6 is 0 Å². The van der Waals surface area contributed by atoms with Gasteiger partial charge in [0.2, 0.25) is 0 Å². The molecule has 0 radical (unpaired) electrons. The lowest BCUT2D eigenvalue weighted by Crippen LogP contribution is -2.24. The minimum atomic E-state index is -1.14. The van der Waals surface area contributed by atoms with Crippen molar-refractivity contribution in [2.45, 2.75) is 4.90 Å². The van der Waals surface area contributed by atoms with E-state index in [2.05, 4.69) is 9.98 Å². The first-order valence-electron chi connectivity index (χ1n) is 7.11. The van der Waals surface area contributed by atoms with Crippen molar-refractivity contribution in [3.63, 3.8) is 0 Å². The molecule has 0 saturated heterocycles. The van der Waals surface area contributed by atoms with Gasteiger partial charge >= 0.3 is 0 Å². The van der Waals surface area contributed by atoms with Gasteiger partial charge in [0, 0.05) is 16.7 Å². The van der Waals surface area contributed by atoms with Crippen LogP contribution in [0.15, 0.2) is 57.3 Å². The topological polar surface area (TPSA) is 67.8 Å². The second-order valence-corrected chi connectivity index (χ2v) is 6.56. The van der Waals surface area contributed by atoms with E-state index in [1.54, 1.807) is 18.4 Å². The molecule has 0 amide bonds. The van der Waals surface area contributed by atoms with E-state index in [1.165, 1.54) is 6.07 Å². The summed E-state index contributed by atoms with van der Waals surface area (Å²) in [5, 5.41) is 0. The van der Waals surface area contributed by atoms with Crippen LogP contribution in [0.5, 0.6) is 0 Å².